The summed E-state index contributed by atoms with van der Waals surface area (Å²) in [4.78, 5) is 16.6. The van der Waals surface area contributed by atoms with Crippen LogP contribution < -0.4 is 10.3 Å². The number of fused-ring (bicyclic) bond motifs is 2. The van der Waals surface area contributed by atoms with E-state index in [1.54, 1.807) is 31.2 Å². The Morgan fingerprint density at radius 1 is 0.929 bits per heavy atom. The molecule has 0 saturated carbocycles. The largest absolute Gasteiger partial charge is 0.507 e. The number of aromatic hydroxyl groups is 1. The molecule has 0 aliphatic carbocycles. The molecule has 0 bridgehead atoms. The number of sulfonamides is 1. The second-order valence-electron chi connectivity index (χ2n) is 10.2. The van der Waals surface area contributed by atoms with Crippen molar-refractivity contribution in [3.05, 3.63) is 141 Å². The third kappa shape index (κ3) is 5.20. The molecule has 42 heavy (non-hydrogen) atoms. The molecule has 0 spiro atoms. The van der Waals surface area contributed by atoms with Gasteiger partial charge < -0.3 is 14.5 Å². The first-order valence-electron chi connectivity index (χ1n) is 13.4. The predicted octanol–water partition coefficient (Wildman–Crippen LogP) is 6.13. The van der Waals surface area contributed by atoms with Gasteiger partial charge in [-0.3, -0.25) is 0 Å². The Balaban J connectivity index is 1.42. The maximum absolute atomic E-state index is 14.5. The minimum Gasteiger partial charge on any atom is -0.507 e. The normalized spacial score (nSPS) is 12.6. The first-order chi connectivity index (χ1) is 20.2. The van der Waals surface area contributed by atoms with Crippen LogP contribution >= 0.6 is 0 Å². The second-order valence-corrected chi connectivity index (χ2v) is 11.9. The van der Waals surface area contributed by atoms with Gasteiger partial charge in [0, 0.05) is 29.2 Å². The smallest absolute Gasteiger partial charge is 0.343 e. The molecule has 6 aromatic rings. The highest BCUT2D eigenvalue weighted by Crippen LogP contribution is 2.39. The highest BCUT2D eigenvalue weighted by Gasteiger charge is 2.30. The van der Waals surface area contributed by atoms with Gasteiger partial charge in [-0.25, -0.2) is 22.3 Å². The monoisotopic (exact) mass is 582 g/mol. The summed E-state index contributed by atoms with van der Waals surface area (Å²) in [6, 6.07) is 27.1. The SMILES string of the molecule is Cc1cc(O)c(C(c2cccc(F)c2)c2[nH]c3ccccc3c2CCNS(=O)(=O)c2ccc3ccccc3c2)c(=O)o1. The number of benzene rings is 4. The fraction of sp³-hybridized carbons (Fsp3) is 0.121. The fourth-order valence-electron chi connectivity index (χ4n) is 5.50. The molecule has 0 fully saturated rings. The number of aromatic nitrogens is 1. The molecule has 4 aromatic carbocycles. The number of hydrogen-bond acceptors (Lipinski definition) is 5. The molecule has 0 radical (unpaired) electrons. The Morgan fingerprint density at radius 2 is 1.69 bits per heavy atom. The number of nitrogens with one attached hydrogen (secondary N) is 2. The quantitative estimate of drug-likeness (QED) is 0.200. The van der Waals surface area contributed by atoms with E-state index >= 15 is 0 Å². The van der Waals surface area contributed by atoms with Crippen molar-refractivity contribution in [2.45, 2.75) is 24.2 Å². The topological polar surface area (TPSA) is 112 Å². The van der Waals surface area contributed by atoms with Crippen LogP contribution in [0.4, 0.5) is 4.39 Å². The van der Waals surface area contributed by atoms with E-state index in [9.17, 15) is 22.7 Å². The molecule has 3 N–H and O–H groups in total. The van der Waals surface area contributed by atoms with Gasteiger partial charge in [0.15, 0.2) is 0 Å². The Labute approximate surface area is 241 Å². The van der Waals surface area contributed by atoms with Crippen LogP contribution in [0.25, 0.3) is 21.7 Å². The number of hydrogen-bond donors (Lipinski definition) is 3. The Morgan fingerprint density at radius 3 is 2.48 bits per heavy atom. The molecule has 1 unspecified atom stereocenters. The second kappa shape index (κ2) is 10.9. The predicted molar refractivity (Wildman–Crippen MR) is 160 cm³/mol. The fourth-order valence-corrected chi connectivity index (χ4v) is 6.57. The Hall–Kier alpha value is -4.73. The number of H-pyrrole nitrogens is 1. The number of aryl methyl sites for hydroxylation is 1. The molecular weight excluding hydrogens is 555 g/mol. The van der Waals surface area contributed by atoms with Gasteiger partial charge >= 0.3 is 5.63 Å². The van der Waals surface area contributed by atoms with Crippen LogP contribution in [-0.2, 0) is 16.4 Å². The average Bonchev–Trinajstić information content (AvgIpc) is 3.32. The zero-order valence-corrected chi connectivity index (χ0v) is 23.4. The van der Waals surface area contributed by atoms with E-state index in [2.05, 4.69) is 9.71 Å². The highest BCUT2D eigenvalue weighted by atomic mass is 32.2. The van der Waals surface area contributed by atoms with Crippen molar-refractivity contribution in [2.24, 2.45) is 0 Å². The van der Waals surface area contributed by atoms with Crippen molar-refractivity contribution in [3.8, 4) is 5.75 Å². The first-order valence-corrected chi connectivity index (χ1v) is 14.9. The van der Waals surface area contributed by atoms with Gasteiger partial charge in [0.25, 0.3) is 0 Å². The molecule has 2 heterocycles. The molecule has 2 aromatic heterocycles. The number of aromatic amines is 1. The molecular formula is C33H27FN2O5S. The van der Waals surface area contributed by atoms with Crippen LogP contribution in [0, 0.1) is 12.7 Å². The number of para-hydroxylation sites is 1. The summed E-state index contributed by atoms with van der Waals surface area (Å²) in [5.41, 5.74) is 1.63. The summed E-state index contributed by atoms with van der Waals surface area (Å²) in [5, 5.41) is 13.5. The molecule has 7 nitrogen and oxygen atoms in total. The minimum atomic E-state index is -3.83. The maximum Gasteiger partial charge on any atom is 0.343 e. The zero-order chi connectivity index (χ0) is 29.4. The molecule has 0 aliphatic rings. The van der Waals surface area contributed by atoms with Gasteiger partial charge in [0.1, 0.15) is 17.3 Å². The molecule has 0 amide bonds. The summed E-state index contributed by atoms with van der Waals surface area (Å²) in [7, 11) is -3.83. The van der Waals surface area contributed by atoms with Crippen molar-refractivity contribution in [3.63, 3.8) is 0 Å². The van der Waals surface area contributed by atoms with E-state index in [0.717, 1.165) is 27.2 Å². The van der Waals surface area contributed by atoms with Gasteiger partial charge in [-0.15, -0.1) is 0 Å². The van der Waals surface area contributed by atoms with Crippen molar-refractivity contribution in [1.82, 2.24) is 9.71 Å². The summed E-state index contributed by atoms with van der Waals surface area (Å²) >= 11 is 0. The lowest BCUT2D eigenvalue weighted by Crippen LogP contribution is -2.26. The standard InChI is InChI=1S/C33H27FN2O5S/c1-20-17-29(37)31(33(38)41-20)30(23-9-6-10-24(34)18-23)32-27(26-11-4-5-12-28(26)36-32)15-16-35-42(39,40)25-14-13-21-7-2-3-8-22(21)19-25/h2-14,17-19,30,35-37H,15-16H2,1H3. The number of rotatable bonds is 8. The minimum absolute atomic E-state index is 0.0456. The van der Waals surface area contributed by atoms with Gasteiger partial charge in [0.2, 0.25) is 10.0 Å². The maximum atomic E-state index is 14.5. The van der Waals surface area contributed by atoms with E-state index in [0.29, 0.717) is 11.3 Å². The first kappa shape index (κ1) is 27.4. The molecule has 0 aliphatic heterocycles. The van der Waals surface area contributed by atoms with Crippen molar-refractivity contribution in [1.29, 1.82) is 0 Å². The molecule has 6 rings (SSSR count). The van der Waals surface area contributed by atoms with E-state index < -0.39 is 27.4 Å². The third-order valence-corrected chi connectivity index (χ3v) is 8.85. The van der Waals surface area contributed by atoms with Crippen LogP contribution in [0.5, 0.6) is 5.75 Å². The van der Waals surface area contributed by atoms with E-state index in [-0.39, 0.29) is 34.9 Å². The van der Waals surface area contributed by atoms with Crippen LogP contribution in [0.15, 0.2) is 111 Å². The van der Waals surface area contributed by atoms with Crippen LogP contribution in [-0.4, -0.2) is 25.1 Å². The molecule has 9 heteroatoms. The zero-order valence-electron chi connectivity index (χ0n) is 22.6. The van der Waals surface area contributed by atoms with Crippen molar-refractivity contribution < 1.29 is 22.3 Å². The number of halogens is 1. The highest BCUT2D eigenvalue weighted by molar-refractivity contribution is 7.89. The Bertz CT molecular complexity index is 2120. The van der Waals surface area contributed by atoms with Gasteiger partial charge in [-0.05, 0) is 65.6 Å². The van der Waals surface area contributed by atoms with E-state index in [4.69, 9.17) is 4.42 Å². The Kier molecular flexibility index (Phi) is 7.14. The van der Waals surface area contributed by atoms with Gasteiger partial charge in [0.05, 0.1) is 16.4 Å². The molecule has 0 saturated heterocycles. The van der Waals surface area contributed by atoms with Gasteiger partial charge in [-0.2, -0.15) is 0 Å². The van der Waals surface area contributed by atoms with Crippen molar-refractivity contribution in [2.75, 3.05) is 6.54 Å². The van der Waals surface area contributed by atoms with E-state index in [1.807, 2.05) is 48.5 Å². The van der Waals surface area contributed by atoms with Gasteiger partial charge in [-0.1, -0.05) is 60.7 Å². The lowest BCUT2D eigenvalue weighted by Gasteiger charge is -2.19. The molecule has 212 valence electrons. The van der Waals surface area contributed by atoms with Crippen LogP contribution in [0.3, 0.4) is 0 Å². The summed E-state index contributed by atoms with van der Waals surface area (Å²) in [6.45, 7) is 1.60. The van der Waals surface area contributed by atoms with E-state index in [1.165, 1.54) is 24.3 Å². The lowest BCUT2D eigenvalue weighted by atomic mass is 9.86. The summed E-state index contributed by atoms with van der Waals surface area (Å²) < 4.78 is 49.0. The third-order valence-electron chi connectivity index (χ3n) is 7.39. The summed E-state index contributed by atoms with van der Waals surface area (Å²) in [6.07, 6.45) is 0.246. The molecule has 1 atom stereocenters. The van der Waals surface area contributed by atoms with Crippen molar-refractivity contribution >= 4 is 31.7 Å². The van der Waals surface area contributed by atoms with Crippen LogP contribution in [0.1, 0.15) is 34.1 Å². The summed E-state index contributed by atoms with van der Waals surface area (Å²) in [5.74, 6) is -1.47. The van der Waals surface area contributed by atoms with Crippen LogP contribution in [0.2, 0.25) is 0 Å². The average molecular weight is 583 g/mol. The lowest BCUT2D eigenvalue weighted by molar-refractivity contribution is 0.420.